The van der Waals surface area contributed by atoms with Gasteiger partial charge in [0.25, 0.3) is 0 Å². The van der Waals surface area contributed by atoms with Gasteiger partial charge in [-0.15, -0.1) is 11.3 Å². The van der Waals surface area contributed by atoms with E-state index >= 15 is 0 Å². The molecule has 19 heavy (non-hydrogen) atoms. The average Bonchev–Trinajstić information content (AvgIpc) is 3.06. The summed E-state index contributed by atoms with van der Waals surface area (Å²) in [6.45, 7) is 0. The normalized spacial score (nSPS) is 15.5. The van der Waals surface area contributed by atoms with Gasteiger partial charge in [0.05, 0.1) is 13.3 Å². The van der Waals surface area contributed by atoms with E-state index < -0.39 is 0 Å². The summed E-state index contributed by atoms with van der Waals surface area (Å²) in [4.78, 5) is 2.73. The Morgan fingerprint density at radius 2 is 2.37 bits per heavy atom. The second-order valence-electron chi connectivity index (χ2n) is 4.77. The zero-order valence-corrected chi connectivity index (χ0v) is 12.0. The van der Waals surface area contributed by atoms with Gasteiger partial charge in [-0.05, 0) is 30.9 Å². The minimum Gasteiger partial charge on any atom is -0.493 e. The molecule has 1 aliphatic carbocycles. The van der Waals surface area contributed by atoms with Crippen molar-refractivity contribution in [2.24, 2.45) is 12.9 Å². The van der Waals surface area contributed by atoms with Crippen LogP contribution in [0.4, 0.5) is 0 Å². The lowest BCUT2D eigenvalue weighted by Gasteiger charge is -2.16. The van der Waals surface area contributed by atoms with Crippen molar-refractivity contribution in [1.82, 2.24) is 15.2 Å². The summed E-state index contributed by atoms with van der Waals surface area (Å²) in [5, 5.41) is 4.25. The highest BCUT2D eigenvalue weighted by Crippen LogP contribution is 2.37. The van der Waals surface area contributed by atoms with E-state index in [9.17, 15) is 0 Å². The Hall–Kier alpha value is -1.37. The molecule has 1 aliphatic rings. The van der Waals surface area contributed by atoms with Gasteiger partial charge in [-0.2, -0.15) is 5.10 Å². The molecule has 3 N–H and O–H groups in total. The van der Waals surface area contributed by atoms with Gasteiger partial charge in [-0.25, -0.2) is 5.43 Å². The molecule has 102 valence electrons. The number of thiophene rings is 1. The maximum atomic E-state index is 5.77. The fourth-order valence-corrected chi connectivity index (χ4v) is 4.03. The molecule has 6 heteroatoms. The van der Waals surface area contributed by atoms with Crippen molar-refractivity contribution in [3.63, 3.8) is 0 Å². The third-order valence-corrected chi connectivity index (χ3v) is 4.96. The predicted molar refractivity (Wildman–Crippen MR) is 75.3 cm³/mol. The summed E-state index contributed by atoms with van der Waals surface area (Å²) in [5.74, 6) is 6.53. The summed E-state index contributed by atoms with van der Waals surface area (Å²) in [6.07, 6.45) is 5.38. The first-order valence-corrected chi connectivity index (χ1v) is 7.19. The lowest BCUT2D eigenvalue weighted by molar-refractivity contribution is 0.401. The van der Waals surface area contributed by atoms with Crippen LogP contribution < -0.4 is 16.0 Å². The van der Waals surface area contributed by atoms with Crippen LogP contribution in [0.25, 0.3) is 0 Å². The Morgan fingerprint density at radius 1 is 1.53 bits per heavy atom. The van der Waals surface area contributed by atoms with Gasteiger partial charge < -0.3 is 4.74 Å². The molecule has 0 saturated carbocycles. The summed E-state index contributed by atoms with van der Waals surface area (Å²) < 4.78 is 7.19. The van der Waals surface area contributed by atoms with Crippen LogP contribution in [0.5, 0.6) is 5.75 Å². The first kappa shape index (κ1) is 12.7. The highest BCUT2D eigenvalue weighted by molar-refractivity contribution is 7.12. The molecule has 0 saturated heterocycles. The number of hydrogen-bond donors (Lipinski definition) is 2. The number of nitrogens with one attached hydrogen (secondary N) is 1. The molecule has 1 atom stereocenters. The SMILES string of the molecule is COc1cnn(C)c1C(NN)c1cc2c(s1)CCC2. The molecule has 2 aromatic rings. The Bertz CT molecular complexity index is 568. The smallest absolute Gasteiger partial charge is 0.162 e. The van der Waals surface area contributed by atoms with Crippen LogP contribution in [0.2, 0.25) is 0 Å². The summed E-state index contributed by atoms with van der Waals surface area (Å²) >= 11 is 1.84. The number of fused-ring (bicyclic) bond motifs is 1. The van der Waals surface area contributed by atoms with E-state index in [-0.39, 0.29) is 6.04 Å². The van der Waals surface area contributed by atoms with E-state index in [1.54, 1.807) is 13.3 Å². The molecular formula is C13H18N4OS. The number of rotatable bonds is 4. The maximum Gasteiger partial charge on any atom is 0.162 e. The van der Waals surface area contributed by atoms with E-state index in [4.69, 9.17) is 10.6 Å². The molecule has 0 aliphatic heterocycles. The fourth-order valence-electron chi connectivity index (χ4n) is 2.70. The van der Waals surface area contributed by atoms with Crippen LogP contribution in [0.1, 0.15) is 33.5 Å². The second-order valence-corrected chi connectivity index (χ2v) is 5.94. The van der Waals surface area contributed by atoms with Crippen molar-refractivity contribution in [2.75, 3.05) is 7.11 Å². The van der Waals surface area contributed by atoms with Gasteiger partial charge in [-0.3, -0.25) is 10.5 Å². The molecule has 0 amide bonds. The topological polar surface area (TPSA) is 65.1 Å². The summed E-state index contributed by atoms with van der Waals surface area (Å²) in [7, 11) is 3.56. The molecule has 0 aromatic carbocycles. The van der Waals surface area contributed by atoms with Crippen molar-refractivity contribution in [3.8, 4) is 5.75 Å². The van der Waals surface area contributed by atoms with Crippen molar-refractivity contribution in [1.29, 1.82) is 0 Å². The van der Waals surface area contributed by atoms with Gasteiger partial charge >= 0.3 is 0 Å². The van der Waals surface area contributed by atoms with E-state index in [0.717, 1.165) is 11.4 Å². The van der Waals surface area contributed by atoms with Gasteiger partial charge in [0, 0.05) is 16.8 Å². The fraction of sp³-hybridized carbons (Fsp3) is 0.462. The minimum absolute atomic E-state index is 0.0713. The molecule has 2 aromatic heterocycles. The number of ether oxygens (including phenoxy) is 1. The summed E-state index contributed by atoms with van der Waals surface area (Å²) in [5.41, 5.74) is 5.33. The van der Waals surface area contributed by atoms with Crippen LogP contribution in [0.15, 0.2) is 12.3 Å². The first-order valence-electron chi connectivity index (χ1n) is 6.38. The van der Waals surface area contributed by atoms with E-state index in [0.29, 0.717) is 0 Å². The molecular weight excluding hydrogens is 260 g/mol. The standard InChI is InChI=1S/C13H18N4OS/c1-17-13(9(18-2)7-15-17)12(16-14)11-6-8-4-3-5-10(8)19-11/h6-7,12,16H,3-5,14H2,1-2H3. The minimum atomic E-state index is -0.0713. The number of aromatic nitrogens is 2. The maximum absolute atomic E-state index is 5.77. The zero-order valence-electron chi connectivity index (χ0n) is 11.1. The van der Waals surface area contributed by atoms with E-state index in [1.165, 1.54) is 34.6 Å². The largest absolute Gasteiger partial charge is 0.493 e. The summed E-state index contributed by atoms with van der Waals surface area (Å²) in [6, 6.07) is 2.20. The number of hydrogen-bond acceptors (Lipinski definition) is 5. The lowest BCUT2D eigenvalue weighted by Crippen LogP contribution is -2.30. The highest BCUT2D eigenvalue weighted by Gasteiger charge is 2.25. The molecule has 0 bridgehead atoms. The van der Waals surface area contributed by atoms with Crippen molar-refractivity contribution < 1.29 is 4.74 Å². The van der Waals surface area contributed by atoms with Gasteiger partial charge in [0.1, 0.15) is 11.7 Å². The lowest BCUT2D eigenvalue weighted by atomic mass is 10.1. The monoisotopic (exact) mass is 278 g/mol. The molecule has 0 fully saturated rings. The van der Waals surface area contributed by atoms with Crippen LogP contribution in [-0.4, -0.2) is 16.9 Å². The third kappa shape index (κ3) is 2.05. The van der Waals surface area contributed by atoms with Crippen molar-refractivity contribution in [3.05, 3.63) is 33.3 Å². The average molecular weight is 278 g/mol. The first-order chi connectivity index (χ1) is 9.24. The quantitative estimate of drug-likeness (QED) is 0.657. The number of methoxy groups -OCH3 is 1. The van der Waals surface area contributed by atoms with Gasteiger partial charge in [-0.1, -0.05) is 0 Å². The molecule has 0 radical (unpaired) electrons. The number of nitrogens with two attached hydrogens (primary N) is 1. The number of nitrogens with zero attached hydrogens (tertiary/aromatic N) is 2. The highest BCUT2D eigenvalue weighted by atomic mass is 32.1. The van der Waals surface area contributed by atoms with E-state index in [2.05, 4.69) is 16.6 Å². The molecule has 2 heterocycles. The van der Waals surface area contributed by atoms with Gasteiger partial charge in [0.2, 0.25) is 0 Å². The van der Waals surface area contributed by atoms with Crippen LogP contribution in [-0.2, 0) is 19.9 Å². The molecule has 5 nitrogen and oxygen atoms in total. The Morgan fingerprint density at radius 3 is 3.05 bits per heavy atom. The second kappa shape index (κ2) is 4.96. The van der Waals surface area contributed by atoms with Crippen LogP contribution >= 0.6 is 11.3 Å². The Labute approximate surface area is 116 Å². The third-order valence-electron chi connectivity index (χ3n) is 3.66. The van der Waals surface area contributed by atoms with Crippen LogP contribution in [0, 0.1) is 0 Å². The predicted octanol–water partition coefficient (Wildman–Crippen LogP) is 1.53. The number of aryl methyl sites for hydroxylation is 3. The molecule has 3 rings (SSSR count). The van der Waals surface area contributed by atoms with Crippen LogP contribution in [0.3, 0.4) is 0 Å². The van der Waals surface area contributed by atoms with Crippen molar-refractivity contribution in [2.45, 2.75) is 25.3 Å². The van der Waals surface area contributed by atoms with Crippen molar-refractivity contribution >= 4 is 11.3 Å². The van der Waals surface area contributed by atoms with Gasteiger partial charge in [0.15, 0.2) is 5.75 Å². The van der Waals surface area contributed by atoms with E-state index in [1.807, 2.05) is 23.1 Å². The zero-order chi connectivity index (χ0) is 13.4. The number of hydrazine groups is 1. The Balaban J connectivity index is 2.01. The molecule has 1 unspecified atom stereocenters. The Kier molecular flexibility index (Phi) is 3.30. The molecule has 0 spiro atoms.